The summed E-state index contributed by atoms with van der Waals surface area (Å²) in [4.78, 5) is 15.3. The van der Waals surface area contributed by atoms with Crippen molar-refractivity contribution in [2.45, 2.75) is 44.4 Å². The van der Waals surface area contributed by atoms with E-state index in [0.717, 1.165) is 38.8 Å². The van der Waals surface area contributed by atoms with Crippen LogP contribution in [-0.4, -0.2) is 57.0 Å². The first-order chi connectivity index (χ1) is 25.9. The van der Waals surface area contributed by atoms with E-state index in [1.54, 1.807) is 6.26 Å². The topological polar surface area (TPSA) is 101 Å². The third-order valence-electron chi connectivity index (χ3n) is 9.67. The molecular formula is C42H42FIN6O3. The van der Waals surface area contributed by atoms with Crippen molar-refractivity contribution >= 4 is 39.6 Å². The Hall–Kier alpha value is -4.85. The maximum absolute atomic E-state index is 14.7. The Morgan fingerprint density at radius 2 is 1.45 bits per heavy atom. The number of nitrogens with two attached hydrogens (primary N) is 1. The summed E-state index contributed by atoms with van der Waals surface area (Å²) in [7, 11) is 0. The van der Waals surface area contributed by atoms with Crippen molar-refractivity contribution in [1.82, 2.24) is 24.4 Å². The molecule has 0 saturated carbocycles. The second-order valence-electron chi connectivity index (χ2n) is 13.2. The Kier molecular flexibility index (Phi) is 11.3. The maximum atomic E-state index is 14.7. The molecule has 9 nitrogen and oxygen atoms in total. The molecule has 2 N–H and O–H groups in total. The fourth-order valence-electron chi connectivity index (χ4n) is 7.10. The lowest BCUT2D eigenvalue weighted by Crippen LogP contribution is -2.37. The van der Waals surface area contributed by atoms with Gasteiger partial charge in [-0.3, -0.25) is 4.90 Å². The molecule has 0 fully saturated rings. The third-order valence-corrected chi connectivity index (χ3v) is 10.6. The predicted octanol–water partition coefficient (Wildman–Crippen LogP) is 8.24. The summed E-state index contributed by atoms with van der Waals surface area (Å²) < 4.78 is 36.3. The van der Waals surface area contributed by atoms with Gasteiger partial charge in [0.15, 0.2) is 17.0 Å². The highest BCUT2D eigenvalue weighted by Crippen LogP contribution is 2.41. The average molecular weight is 825 g/mol. The molecule has 1 unspecified atom stereocenters. The number of hydrogen-bond donors (Lipinski definition) is 1. The van der Waals surface area contributed by atoms with E-state index < -0.39 is 17.6 Å². The van der Waals surface area contributed by atoms with Crippen molar-refractivity contribution in [3.05, 3.63) is 165 Å². The quantitative estimate of drug-likeness (QED) is 0.0479. The van der Waals surface area contributed by atoms with E-state index in [2.05, 4.69) is 124 Å². The number of aromatic nitrogens is 4. The molecule has 6 aromatic rings. The number of nitrogens with zero attached hydrogens (tertiary/aromatic N) is 5. The Bertz CT molecular complexity index is 2070. The minimum atomic E-state index is -0.898. The highest BCUT2D eigenvalue weighted by molar-refractivity contribution is 14.1. The molecule has 11 heteroatoms. The number of nitrogen functional groups attached to an aromatic ring is 1. The maximum Gasteiger partial charge on any atom is 0.312 e. The second kappa shape index (κ2) is 16.4. The zero-order chi connectivity index (χ0) is 36.8. The van der Waals surface area contributed by atoms with E-state index >= 15 is 0 Å². The Balaban J connectivity index is 1.16. The molecule has 3 heterocycles. The van der Waals surface area contributed by atoms with Crippen molar-refractivity contribution in [1.29, 1.82) is 0 Å². The largest absolute Gasteiger partial charge is 0.462 e. The first kappa shape index (κ1) is 36.5. The molecule has 0 aliphatic carbocycles. The van der Waals surface area contributed by atoms with Crippen molar-refractivity contribution in [2.75, 3.05) is 32.2 Å². The van der Waals surface area contributed by atoms with Gasteiger partial charge in [-0.05, 0) is 71.2 Å². The van der Waals surface area contributed by atoms with Crippen molar-refractivity contribution in [3.8, 4) is 0 Å². The normalized spacial score (nSPS) is 13.7. The average Bonchev–Trinajstić information content (AvgIpc) is 3.84. The molecule has 0 amide bonds. The van der Waals surface area contributed by atoms with Gasteiger partial charge in [-0.1, -0.05) is 109 Å². The molecule has 0 bridgehead atoms. The van der Waals surface area contributed by atoms with Crippen LogP contribution in [-0.2, 0) is 26.4 Å². The summed E-state index contributed by atoms with van der Waals surface area (Å²) in [6.07, 6.45) is 1.49. The van der Waals surface area contributed by atoms with E-state index in [1.807, 2.05) is 47.0 Å². The highest BCUT2D eigenvalue weighted by atomic mass is 127. The first-order valence-corrected chi connectivity index (χ1v) is 18.9. The summed E-state index contributed by atoms with van der Waals surface area (Å²) >= 11 is 2.31. The number of benzene rings is 4. The van der Waals surface area contributed by atoms with Gasteiger partial charge in [0, 0.05) is 35.9 Å². The van der Waals surface area contributed by atoms with E-state index in [9.17, 15) is 4.39 Å². The fraction of sp³-hybridized carbons (Fsp3) is 0.262. The van der Waals surface area contributed by atoms with Crippen molar-refractivity contribution in [3.63, 3.8) is 0 Å². The number of ether oxygens (including phenoxy) is 3. The molecule has 1 atom stereocenters. The number of rotatable bonds is 15. The van der Waals surface area contributed by atoms with Crippen LogP contribution in [0.3, 0.4) is 0 Å². The number of fused-ring (bicyclic) bond motifs is 1. The molecule has 1 aliphatic heterocycles. The molecule has 2 aromatic heterocycles. The van der Waals surface area contributed by atoms with Crippen LogP contribution in [0.1, 0.15) is 54.3 Å². The van der Waals surface area contributed by atoms with E-state index in [1.165, 1.54) is 0 Å². The minimum Gasteiger partial charge on any atom is -0.462 e. The molecule has 53 heavy (non-hydrogen) atoms. The fourth-order valence-corrected chi connectivity index (χ4v) is 7.80. The van der Waals surface area contributed by atoms with E-state index in [4.69, 9.17) is 24.9 Å². The van der Waals surface area contributed by atoms with Crippen LogP contribution in [0.4, 0.5) is 10.2 Å². The van der Waals surface area contributed by atoms with Crippen LogP contribution < -0.4 is 5.73 Å². The second-order valence-corrected chi connectivity index (χ2v) is 14.3. The van der Waals surface area contributed by atoms with Gasteiger partial charge in [0.25, 0.3) is 0 Å². The molecular weight excluding hydrogens is 782 g/mol. The van der Waals surface area contributed by atoms with Gasteiger partial charge in [-0.25, -0.2) is 4.98 Å². The van der Waals surface area contributed by atoms with Gasteiger partial charge < -0.3 is 24.5 Å². The molecule has 1 aliphatic rings. The number of hydrogen-bond acceptors (Lipinski definition) is 8. The third kappa shape index (κ3) is 7.64. The Morgan fingerprint density at radius 3 is 2.02 bits per heavy atom. The highest BCUT2D eigenvalue weighted by Gasteiger charge is 2.37. The molecule has 4 aromatic carbocycles. The van der Waals surface area contributed by atoms with Gasteiger partial charge in [-0.15, -0.1) is 0 Å². The summed E-state index contributed by atoms with van der Waals surface area (Å²) in [6, 6.07) is 39.5. The van der Waals surface area contributed by atoms with Gasteiger partial charge in [0.2, 0.25) is 6.79 Å². The van der Waals surface area contributed by atoms with Gasteiger partial charge in [0.1, 0.15) is 29.4 Å². The van der Waals surface area contributed by atoms with E-state index in [-0.39, 0.29) is 18.7 Å². The standard InChI is InChI=1S/C42H42FIN6O3/c1-29(2)49(23-14-26-53-42(30-15-6-3-7-16-30,31-17-8-4-9-18-31)32-19-10-5-11-20-32)24-25-50-39(46-37-38(45)47-41(43)48-40(37)50)36(35-27-51-28-52-35)33-21-12-13-22-34(33)44/h3-13,15-22,27,29,36H,14,23-26,28H2,1-2H3,(H2,45,47,48). The van der Waals surface area contributed by atoms with Crippen LogP contribution in [0.5, 0.6) is 0 Å². The predicted molar refractivity (Wildman–Crippen MR) is 212 cm³/mol. The van der Waals surface area contributed by atoms with Crippen LogP contribution in [0.2, 0.25) is 0 Å². The summed E-state index contributed by atoms with van der Waals surface area (Å²) in [6.45, 7) is 6.85. The first-order valence-electron chi connectivity index (χ1n) is 17.8. The monoisotopic (exact) mass is 824 g/mol. The van der Waals surface area contributed by atoms with Gasteiger partial charge >= 0.3 is 6.08 Å². The number of anilines is 1. The SMILES string of the molecule is CC(C)N(CCCOC(c1ccccc1)(c1ccccc1)c1ccccc1)CCn1c(C(C2=COCO2)c2ccccc2I)nc2c(N)nc(F)nc21. The molecule has 0 spiro atoms. The minimum absolute atomic E-state index is 0.0109. The molecule has 7 rings (SSSR count). The smallest absolute Gasteiger partial charge is 0.312 e. The molecule has 0 radical (unpaired) electrons. The number of allylic oxidation sites excluding steroid dienone is 1. The Labute approximate surface area is 322 Å². The van der Waals surface area contributed by atoms with E-state index in [0.29, 0.717) is 42.4 Å². The lowest BCUT2D eigenvalue weighted by molar-refractivity contribution is 0.00681. The number of halogens is 2. The summed E-state index contributed by atoms with van der Waals surface area (Å²) in [5.74, 6) is 0.778. The number of imidazole rings is 1. The van der Waals surface area contributed by atoms with Crippen LogP contribution >= 0.6 is 22.6 Å². The zero-order valence-corrected chi connectivity index (χ0v) is 31.9. The lowest BCUT2D eigenvalue weighted by Gasteiger charge is -2.36. The van der Waals surface area contributed by atoms with Crippen molar-refractivity contribution < 1.29 is 18.6 Å². The lowest BCUT2D eigenvalue weighted by atomic mass is 9.80. The van der Waals surface area contributed by atoms with Crippen LogP contribution in [0.15, 0.2) is 127 Å². The van der Waals surface area contributed by atoms with Gasteiger partial charge in [-0.2, -0.15) is 14.4 Å². The molecule has 0 saturated heterocycles. The van der Waals surface area contributed by atoms with Crippen LogP contribution in [0, 0.1) is 9.65 Å². The summed E-state index contributed by atoms with van der Waals surface area (Å²) in [5.41, 5.74) is 10.3. The Morgan fingerprint density at radius 1 is 0.849 bits per heavy atom. The molecule has 272 valence electrons. The zero-order valence-electron chi connectivity index (χ0n) is 29.7. The van der Waals surface area contributed by atoms with Crippen molar-refractivity contribution in [2.24, 2.45) is 0 Å². The van der Waals surface area contributed by atoms with Crippen LogP contribution in [0.25, 0.3) is 11.2 Å². The summed E-state index contributed by atoms with van der Waals surface area (Å²) in [5, 5.41) is 0. The van der Waals surface area contributed by atoms with Gasteiger partial charge in [0.05, 0.1) is 0 Å².